The molecule has 4 rings (SSSR count). The van der Waals surface area contributed by atoms with E-state index in [2.05, 4.69) is 10.2 Å². The molecule has 8 heteroatoms. The number of Topliss-reactive ketones (excluding diaryl/α,β-unsaturated/α-hetero) is 1. The van der Waals surface area contributed by atoms with E-state index in [9.17, 15) is 9.59 Å². The Kier molecular flexibility index (Phi) is 6.73. The van der Waals surface area contributed by atoms with Crippen LogP contribution in [-0.4, -0.2) is 43.7 Å². The monoisotopic (exact) mass is 454 g/mol. The molecule has 2 aromatic carbocycles. The summed E-state index contributed by atoms with van der Waals surface area (Å²) >= 11 is 7.34. The van der Waals surface area contributed by atoms with E-state index >= 15 is 0 Å². The number of hydrogen-bond acceptors (Lipinski definition) is 5. The van der Waals surface area contributed by atoms with Gasteiger partial charge in [0.25, 0.3) is 5.91 Å². The van der Waals surface area contributed by atoms with Crippen LogP contribution in [0.1, 0.15) is 52.3 Å². The third kappa shape index (κ3) is 4.67. The zero-order valence-corrected chi connectivity index (χ0v) is 18.8. The molecule has 1 amide bonds. The van der Waals surface area contributed by atoms with E-state index in [1.165, 1.54) is 11.8 Å². The molecular weight excluding hydrogens is 432 g/mol. The Morgan fingerprint density at radius 2 is 1.81 bits per heavy atom. The van der Waals surface area contributed by atoms with Crippen molar-refractivity contribution in [3.8, 4) is 0 Å². The molecule has 2 heterocycles. The van der Waals surface area contributed by atoms with Crippen LogP contribution in [0.15, 0.2) is 59.8 Å². The summed E-state index contributed by atoms with van der Waals surface area (Å²) in [6, 6.07) is 16.1. The van der Waals surface area contributed by atoms with Crippen LogP contribution < -0.4 is 0 Å². The number of thioether (sulfide) groups is 1. The number of benzene rings is 2. The smallest absolute Gasteiger partial charge is 0.254 e. The average molecular weight is 455 g/mol. The molecule has 1 aliphatic rings. The Morgan fingerprint density at radius 1 is 1.06 bits per heavy atom. The SMILES string of the molecule is CCn1c(SCC(=O)c2ccccc2)nnc1C1CCCN1C(=O)c1ccc(Cl)cc1. The molecule has 0 radical (unpaired) electrons. The zero-order valence-electron chi connectivity index (χ0n) is 17.2. The molecule has 160 valence electrons. The average Bonchev–Trinajstić information content (AvgIpc) is 3.44. The van der Waals surface area contributed by atoms with Gasteiger partial charge < -0.3 is 9.47 Å². The number of nitrogens with zero attached hydrogens (tertiary/aromatic N) is 4. The highest BCUT2D eigenvalue weighted by atomic mass is 35.5. The maximum Gasteiger partial charge on any atom is 0.254 e. The Hall–Kier alpha value is -2.64. The number of carbonyl (C=O) groups is 2. The number of likely N-dealkylation sites (tertiary alicyclic amines) is 1. The molecule has 0 bridgehead atoms. The van der Waals surface area contributed by atoms with Crippen molar-refractivity contribution in [3.63, 3.8) is 0 Å². The highest BCUT2D eigenvalue weighted by Gasteiger charge is 2.34. The maximum atomic E-state index is 13.1. The Bertz CT molecular complexity index is 1070. The third-order valence-corrected chi connectivity index (χ3v) is 6.61. The minimum absolute atomic E-state index is 0.0294. The largest absolute Gasteiger partial charge is 0.328 e. The molecule has 6 nitrogen and oxygen atoms in total. The number of carbonyl (C=O) groups excluding carboxylic acids is 2. The van der Waals surface area contributed by atoms with Gasteiger partial charge in [0.2, 0.25) is 0 Å². The highest BCUT2D eigenvalue weighted by Crippen LogP contribution is 2.34. The highest BCUT2D eigenvalue weighted by molar-refractivity contribution is 7.99. The van der Waals surface area contributed by atoms with Crippen molar-refractivity contribution in [2.24, 2.45) is 0 Å². The maximum absolute atomic E-state index is 13.1. The van der Waals surface area contributed by atoms with E-state index in [4.69, 9.17) is 11.6 Å². The van der Waals surface area contributed by atoms with Crippen LogP contribution in [0.3, 0.4) is 0 Å². The van der Waals surface area contributed by atoms with Crippen LogP contribution in [0.2, 0.25) is 5.02 Å². The van der Waals surface area contributed by atoms with Gasteiger partial charge in [0.05, 0.1) is 11.8 Å². The van der Waals surface area contributed by atoms with Gasteiger partial charge in [-0.1, -0.05) is 53.7 Å². The molecule has 1 aliphatic heterocycles. The Morgan fingerprint density at radius 3 is 2.52 bits per heavy atom. The van der Waals surface area contributed by atoms with Crippen molar-refractivity contribution in [1.82, 2.24) is 19.7 Å². The normalized spacial score (nSPS) is 15.9. The first-order valence-corrected chi connectivity index (χ1v) is 11.7. The number of rotatable bonds is 7. The van der Waals surface area contributed by atoms with E-state index in [0.29, 0.717) is 40.1 Å². The van der Waals surface area contributed by atoms with Gasteiger partial charge in [-0.2, -0.15) is 0 Å². The lowest BCUT2D eigenvalue weighted by molar-refractivity contribution is 0.0726. The summed E-state index contributed by atoms with van der Waals surface area (Å²) in [5.74, 6) is 1.09. The molecule has 31 heavy (non-hydrogen) atoms. The Labute approximate surface area is 190 Å². The topological polar surface area (TPSA) is 68.1 Å². The van der Waals surface area contributed by atoms with Gasteiger partial charge >= 0.3 is 0 Å². The van der Waals surface area contributed by atoms with Crippen molar-refractivity contribution >= 4 is 35.1 Å². The fourth-order valence-corrected chi connectivity index (χ4v) is 4.85. The molecule has 0 aliphatic carbocycles. The van der Waals surface area contributed by atoms with E-state index in [-0.39, 0.29) is 17.7 Å². The van der Waals surface area contributed by atoms with Crippen molar-refractivity contribution in [2.45, 2.75) is 37.5 Å². The number of amides is 1. The third-order valence-electron chi connectivity index (χ3n) is 5.39. The lowest BCUT2D eigenvalue weighted by Crippen LogP contribution is -2.32. The standard InChI is InChI=1S/C23H23ClN4O2S/c1-2-27-21(25-26-23(27)31-15-20(29)16-7-4-3-5-8-16)19-9-6-14-28(19)22(30)17-10-12-18(24)13-11-17/h3-5,7-8,10-13,19H,2,6,9,14-15H2,1H3. The molecule has 1 unspecified atom stereocenters. The molecule has 1 atom stereocenters. The van der Waals surface area contributed by atoms with Crippen molar-refractivity contribution < 1.29 is 9.59 Å². The molecule has 0 spiro atoms. The van der Waals surface area contributed by atoms with Gasteiger partial charge in [0.15, 0.2) is 16.8 Å². The first kappa shape index (κ1) is 21.6. The lowest BCUT2D eigenvalue weighted by Gasteiger charge is -2.24. The fraction of sp³-hybridized carbons (Fsp3) is 0.304. The molecule has 0 saturated carbocycles. The molecule has 0 N–H and O–H groups in total. The van der Waals surface area contributed by atoms with E-state index in [1.807, 2.05) is 46.7 Å². The molecule has 3 aromatic rings. The molecule has 1 aromatic heterocycles. The van der Waals surface area contributed by atoms with Crippen LogP contribution in [0.25, 0.3) is 0 Å². The second-order valence-corrected chi connectivity index (χ2v) is 8.71. The van der Waals surface area contributed by atoms with Crippen LogP contribution in [-0.2, 0) is 6.54 Å². The summed E-state index contributed by atoms with van der Waals surface area (Å²) in [5, 5.41) is 10.1. The van der Waals surface area contributed by atoms with Gasteiger partial charge in [0, 0.05) is 29.2 Å². The summed E-state index contributed by atoms with van der Waals surface area (Å²) in [5.41, 5.74) is 1.30. The minimum atomic E-state index is -0.130. The number of hydrogen-bond donors (Lipinski definition) is 0. The predicted molar refractivity (Wildman–Crippen MR) is 122 cm³/mol. The second-order valence-electron chi connectivity index (χ2n) is 7.33. The van der Waals surface area contributed by atoms with Gasteiger partial charge in [0.1, 0.15) is 0 Å². The van der Waals surface area contributed by atoms with E-state index < -0.39 is 0 Å². The number of halogens is 1. The van der Waals surface area contributed by atoms with Crippen LogP contribution in [0.5, 0.6) is 0 Å². The first-order valence-electron chi connectivity index (χ1n) is 10.3. The van der Waals surface area contributed by atoms with Gasteiger partial charge in [-0.15, -0.1) is 10.2 Å². The first-order chi connectivity index (χ1) is 15.1. The van der Waals surface area contributed by atoms with Crippen LogP contribution >= 0.6 is 23.4 Å². The number of ketones is 1. The fourth-order valence-electron chi connectivity index (χ4n) is 3.82. The summed E-state index contributed by atoms with van der Waals surface area (Å²) in [6.45, 7) is 3.37. The van der Waals surface area contributed by atoms with Gasteiger partial charge in [-0.3, -0.25) is 9.59 Å². The summed E-state index contributed by atoms with van der Waals surface area (Å²) in [4.78, 5) is 27.4. The Balaban J connectivity index is 1.51. The summed E-state index contributed by atoms with van der Waals surface area (Å²) < 4.78 is 2.01. The zero-order chi connectivity index (χ0) is 21.8. The number of aromatic nitrogens is 3. The molecule has 1 fully saturated rings. The van der Waals surface area contributed by atoms with Crippen molar-refractivity contribution in [1.29, 1.82) is 0 Å². The van der Waals surface area contributed by atoms with E-state index in [0.717, 1.165) is 18.7 Å². The van der Waals surface area contributed by atoms with Gasteiger partial charge in [-0.25, -0.2) is 0 Å². The van der Waals surface area contributed by atoms with E-state index in [1.54, 1.807) is 24.3 Å². The minimum Gasteiger partial charge on any atom is -0.328 e. The molecule has 1 saturated heterocycles. The second kappa shape index (κ2) is 9.66. The molecular formula is C23H23ClN4O2S. The van der Waals surface area contributed by atoms with Gasteiger partial charge in [-0.05, 0) is 44.0 Å². The van der Waals surface area contributed by atoms with Crippen molar-refractivity contribution in [2.75, 3.05) is 12.3 Å². The van der Waals surface area contributed by atoms with Crippen molar-refractivity contribution in [3.05, 3.63) is 76.6 Å². The summed E-state index contributed by atoms with van der Waals surface area (Å²) in [6.07, 6.45) is 1.75. The predicted octanol–water partition coefficient (Wildman–Crippen LogP) is 4.90. The lowest BCUT2D eigenvalue weighted by atomic mass is 10.1. The summed E-state index contributed by atoms with van der Waals surface area (Å²) in [7, 11) is 0. The van der Waals surface area contributed by atoms with Crippen LogP contribution in [0.4, 0.5) is 0 Å². The quantitative estimate of drug-likeness (QED) is 0.375. The van der Waals surface area contributed by atoms with Crippen LogP contribution in [0, 0.1) is 0 Å².